The minimum absolute atomic E-state index is 0.218. The first-order chi connectivity index (χ1) is 10.1. The Labute approximate surface area is 137 Å². The summed E-state index contributed by atoms with van der Waals surface area (Å²) in [5, 5.41) is 8.21. The second kappa shape index (κ2) is 7.25. The third-order valence-electron chi connectivity index (χ3n) is 5.02. The molecule has 5 heteroatoms. The Morgan fingerprint density at radius 3 is 2.38 bits per heavy atom. The molecule has 1 unspecified atom stereocenters. The maximum absolute atomic E-state index is 4.44. The van der Waals surface area contributed by atoms with E-state index in [2.05, 4.69) is 59.1 Å². The average molecular weight is 357 g/mol. The van der Waals surface area contributed by atoms with Gasteiger partial charge < -0.3 is 5.32 Å². The van der Waals surface area contributed by atoms with Gasteiger partial charge in [0, 0.05) is 12.6 Å². The van der Waals surface area contributed by atoms with Gasteiger partial charge >= 0.3 is 0 Å². The fraction of sp³-hybridized carbons (Fsp3) is 0.812. The van der Waals surface area contributed by atoms with Crippen LogP contribution < -0.4 is 5.32 Å². The van der Waals surface area contributed by atoms with Crippen LogP contribution in [0.25, 0.3) is 0 Å². The summed E-state index contributed by atoms with van der Waals surface area (Å²) in [4.78, 5) is 2.66. The zero-order valence-electron chi connectivity index (χ0n) is 13.8. The molecule has 1 N–H and O–H groups in total. The van der Waals surface area contributed by atoms with Crippen molar-refractivity contribution in [2.75, 3.05) is 19.6 Å². The van der Waals surface area contributed by atoms with Gasteiger partial charge in [0.2, 0.25) is 0 Å². The van der Waals surface area contributed by atoms with Gasteiger partial charge in [-0.15, -0.1) is 0 Å². The molecule has 0 saturated heterocycles. The van der Waals surface area contributed by atoms with Crippen molar-refractivity contribution in [2.45, 2.75) is 58.0 Å². The normalized spacial score (nSPS) is 19.3. The molecular formula is C16H29BrN4. The number of nitrogens with zero attached hydrogens (tertiary/aromatic N) is 3. The van der Waals surface area contributed by atoms with Crippen molar-refractivity contribution in [3.05, 3.63) is 16.4 Å². The van der Waals surface area contributed by atoms with Crippen molar-refractivity contribution in [1.29, 1.82) is 0 Å². The molecule has 1 heterocycles. The van der Waals surface area contributed by atoms with E-state index in [9.17, 15) is 0 Å². The van der Waals surface area contributed by atoms with E-state index in [0.717, 1.165) is 24.1 Å². The highest BCUT2D eigenvalue weighted by Gasteiger charge is 2.46. The minimum atomic E-state index is 0.218. The Balaban J connectivity index is 2.47. The molecule has 2 rings (SSSR count). The molecule has 1 aromatic rings. The van der Waals surface area contributed by atoms with Gasteiger partial charge in [0.1, 0.15) is 0 Å². The predicted molar refractivity (Wildman–Crippen MR) is 91.4 cm³/mol. The highest BCUT2D eigenvalue weighted by molar-refractivity contribution is 9.10. The molecule has 1 fully saturated rings. The fourth-order valence-electron chi connectivity index (χ4n) is 4.12. The fourth-order valence-corrected chi connectivity index (χ4v) is 4.70. The maximum atomic E-state index is 4.44. The molecule has 0 radical (unpaired) electrons. The van der Waals surface area contributed by atoms with Gasteiger partial charge in [0.25, 0.3) is 0 Å². The number of aromatic nitrogens is 2. The van der Waals surface area contributed by atoms with Crippen LogP contribution in [0.5, 0.6) is 0 Å². The Morgan fingerprint density at radius 2 is 1.95 bits per heavy atom. The van der Waals surface area contributed by atoms with Crippen LogP contribution >= 0.6 is 15.9 Å². The molecule has 1 aliphatic rings. The second-order valence-corrected chi connectivity index (χ2v) is 6.83. The summed E-state index contributed by atoms with van der Waals surface area (Å²) in [6, 6.07) is 0.326. The van der Waals surface area contributed by atoms with E-state index >= 15 is 0 Å². The molecule has 0 aliphatic heterocycles. The van der Waals surface area contributed by atoms with Crippen molar-refractivity contribution in [3.63, 3.8) is 0 Å². The highest BCUT2D eigenvalue weighted by atomic mass is 79.9. The van der Waals surface area contributed by atoms with Crippen molar-refractivity contribution < 1.29 is 0 Å². The molecule has 1 aliphatic carbocycles. The van der Waals surface area contributed by atoms with E-state index in [4.69, 9.17) is 0 Å². The lowest BCUT2D eigenvalue weighted by Gasteiger charge is -2.46. The number of halogens is 1. The SMILES string of the molecule is CCNC(c1c(Br)cnn1C)C1(N(CC)CC)CCCC1. The third kappa shape index (κ3) is 3.06. The standard InChI is InChI=1S/C16H29BrN4/c1-5-18-15(14-13(17)12-19-20(14)4)16(10-8-9-11-16)21(6-2)7-3/h12,15,18H,5-11H2,1-4H3. The summed E-state index contributed by atoms with van der Waals surface area (Å²) in [7, 11) is 2.05. The first-order valence-electron chi connectivity index (χ1n) is 8.26. The van der Waals surface area contributed by atoms with E-state index in [1.165, 1.54) is 31.4 Å². The first kappa shape index (κ1) is 17.0. The molecular weight excluding hydrogens is 328 g/mol. The van der Waals surface area contributed by atoms with Gasteiger partial charge in [-0.25, -0.2) is 0 Å². The molecule has 1 saturated carbocycles. The monoisotopic (exact) mass is 356 g/mol. The highest BCUT2D eigenvalue weighted by Crippen LogP contribution is 2.45. The number of hydrogen-bond donors (Lipinski definition) is 1. The lowest BCUT2D eigenvalue weighted by molar-refractivity contribution is 0.0599. The second-order valence-electron chi connectivity index (χ2n) is 5.98. The van der Waals surface area contributed by atoms with Gasteiger partial charge in [0.05, 0.1) is 22.4 Å². The van der Waals surface area contributed by atoms with Crippen molar-refractivity contribution >= 4 is 15.9 Å². The Bertz CT molecular complexity index is 428. The Hall–Kier alpha value is -0.390. The quantitative estimate of drug-likeness (QED) is 0.811. The van der Waals surface area contributed by atoms with Crippen molar-refractivity contribution in [3.8, 4) is 0 Å². The van der Waals surface area contributed by atoms with Crippen molar-refractivity contribution in [1.82, 2.24) is 20.0 Å². The van der Waals surface area contributed by atoms with Crippen LogP contribution in [0, 0.1) is 0 Å². The largest absolute Gasteiger partial charge is 0.307 e. The molecule has 21 heavy (non-hydrogen) atoms. The number of aryl methyl sites for hydroxylation is 1. The van der Waals surface area contributed by atoms with E-state index in [0.29, 0.717) is 6.04 Å². The molecule has 120 valence electrons. The van der Waals surface area contributed by atoms with Gasteiger partial charge in [-0.1, -0.05) is 33.6 Å². The van der Waals surface area contributed by atoms with Gasteiger partial charge in [-0.3, -0.25) is 9.58 Å². The van der Waals surface area contributed by atoms with Crippen LogP contribution in [-0.4, -0.2) is 39.9 Å². The Kier molecular flexibility index (Phi) is 5.86. The molecule has 1 atom stereocenters. The van der Waals surface area contributed by atoms with Crippen LogP contribution in [0.3, 0.4) is 0 Å². The van der Waals surface area contributed by atoms with Crippen LogP contribution in [-0.2, 0) is 7.05 Å². The van der Waals surface area contributed by atoms with E-state index in [1.807, 2.05) is 10.9 Å². The zero-order chi connectivity index (χ0) is 15.5. The molecule has 0 bridgehead atoms. The van der Waals surface area contributed by atoms with Crippen LogP contribution in [0.1, 0.15) is 58.2 Å². The molecule has 0 aromatic carbocycles. The number of rotatable bonds is 7. The summed E-state index contributed by atoms with van der Waals surface area (Å²) in [5.74, 6) is 0. The summed E-state index contributed by atoms with van der Waals surface area (Å²) < 4.78 is 3.15. The number of nitrogens with one attached hydrogen (secondary N) is 1. The van der Waals surface area contributed by atoms with Crippen LogP contribution in [0.15, 0.2) is 10.7 Å². The predicted octanol–water partition coefficient (Wildman–Crippen LogP) is 3.49. The number of hydrogen-bond acceptors (Lipinski definition) is 3. The lowest BCUT2D eigenvalue weighted by Crippen LogP contribution is -2.55. The summed E-state index contributed by atoms with van der Waals surface area (Å²) >= 11 is 3.71. The van der Waals surface area contributed by atoms with E-state index < -0.39 is 0 Å². The maximum Gasteiger partial charge on any atom is 0.0711 e. The van der Waals surface area contributed by atoms with Gasteiger partial charge in [-0.05, 0) is 48.4 Å². The van der Waals surface area contributed by atoms with Crippen molar-refractivity contribution in [2.24, 2.45) is 7.05 Å². The van der Waals surface area contributed by atoms with E-state index in [-0.39, 0.29) is 5.54 Å². The van der Waals surface area contributed by atoms with E-state index in [1.54, 1.807) is 0 Å². The molecule has 1 aromatic heterocycles. The van der Waals surface area contributed by atoms with Gasteiger partial charge in [0.15, 0.2) is 0 Å². The number of likely N-dealkylation sites (N-methyl/N-ethyl adjacent to an activating group) is 2. The molecule has 0 amide bonds. The summed E-state index contributed by atoms with van der Waals surface area (Å²) in [6.45, 7) is 9.95. The average Bonchev–Trinajstić information content (AvgIpc) is 3.07. The summed E-state index contributed by atoms with van der Waals surface area (Å²) in [6.07, 6.45) is 7.11. The van der Waals surface area contributed by atoms with Gasteiger partial charge in [-0.2, -0.15) is 5.10 Å². The van der Waals surface area contributed by atoms with Crippen LogP contribution in [0.2, 0.25) is 0 Å². The minimum Gasteiger partial charge on any atom is -0.307 e. The smallest absolute Gasteiger partial charge is 0.0711 e. The Morgan fingerprint density at radius 1 is 1.33 bits per heavy atom. The zero-order valence-corrected chi connectivity index (χ0v) is 15.4. The van der Waals surface area contributed by atoms with Crippen LogP contribution in [0.4, 0.5) is 0 Å². The topological polar surface area (TPSA) is 33.1 Å². The first-order valence-corrected chi connectivity index (χ1v) is 9.05. The molecule has 0 spiro atoms. The summed E-state index contributed by atoms with van der Waals surface area (Å²) in [5.41, 5.74) is 1.50. The molecule has 4 nitrogen and oxygen atoms in total. The third-order valence-corrected chi connectivity index (χ3v) is 5.63. The lowest BCUT2D eigenvalue weighted by atomic mass is 9.83.